The third-order valence-corrected chi connectivity index (χ3v) is 3.56. The maximum absolute atomic E-state index is 11.5. The minimum absolute atomic E-state index is 0.188. The zero-order valence-corrected chi connectivity index (χ0v) is 11.8. The molecule has 0 amide bonds. The second-order valence-electron chi connectivity index (χ2n) is 4.66. The standard InChI is InChI=1S/C14H18O.C2H6/c1-9-5-4-6-12-7-8-13(11(3)15)10(2)14(9)12;1-2/h7-9H,4-6H2,1-3H3;1-2H3. The van der Waals surface area contributed by atoms with Gasteiger partial charge in [-0.3, -0.25) is 4.79 Å². The summed E-state index contributed by atoms with van der Waals surface area (Å²) in [5, 5.41) is 0. The molecule has 1 aromatic carbocycles. The molecule has 1 aliphatic carbocycles. The van der Waals surface area contributed by atoms with Crippen molar-refractivity contribution in [3.05, 3.63) is 34.4 Å². The van der Waals surface area contributed by atoms with E-state index >= 15 is 0 Å². The molecule has 1 nitrogen and oxygen atoms in total. The summed E-state index contributed by atoms with van der Waals surface area (Å²) >= 11 is 0. The molecular formula is C16H24O. The summed E-state index contributed by atoms with van der Waals surface area (Å²) in [6.45, 7) is 10.0. The summed E-state index contributed by atoms with van der Waals surface area (Å²) in [6.07, 6.45) is 3.72. The van der Waals surface area contributed by atoms with Gasteiger partial charge in [0.15, 0.2) is 5.78 Å². The molecule has 1 atom stereocenters. The fourth-order valence-corrected chi connectivity index (χ4v) is 2.81. The number of hydrogen-bond donors (Lipinski definition) is 0. The molecule has 0 aliphatic heterocycles. The van der Waals surface area contributed by atoms with E-state index in [4.69, 9.17) is 0 Å². The minimum atomic E-state index is 0.188. The number of benzene rings is 1. The molecule has 0 fully saturated rings. The van der Waals surface area contributed by atoms with Crippen molar-refractivity contribution in [2.24, 2.45) is 0 Å². The Kier molecular flexibility index (Phi) is 4.92. The molecule has 2 rings (SSSR count). The van der Waals surface area contributed by atoms with Crippen LogP contribution in [0.5, 0.6) is 0 Å². The van der Waals surface area contributed by atoms with Crippen LogP contribution in [0, 0.1) is 6.92 Å². The fourth-order valence-electron chi connectivity index (χ4n) is 2.81. The number of fused-ring (bicyclic) bond motifs is 1. The second kappa shape index (κ2) is 6.00. The van der Waals surface area contributed by atoms with E-state index in [1.807, 2.05) is 19.9 Å². The SMILES string of the molecule is CC.CC(=O)c1ccc2c(c1C)C(C)CCC2. The van der Waals surface area contributed by atoms with Crippen LogP contribution < -0.4 is 0 Å². The van der Waals surface area contributed by atoms with Gasteiger partial charge < -0.3 is 0 Å². The van der Waals surface area contributed by atoms with Gasteiger partial charge in [-0.2, -0.15) is 0 Å². The number of aryl methyl sites for hydroxylation is 1. The van der Waals surface area contributed by atoms with Crippen LogP contribution in [0.4, 0.5) is 0 Å². The number of carbonyl (C=O) groups is 1. The number of rotatable bonds is 1. The van der Waals surface area contributed by atoms with Crippen molar-refractivity contribution in [2.75, 3.05) is 0 Å². The molecule has 0 N–H and O–H groups in total. The Morgan fingerprint density at radius 2 is 1.94 bits per heavy atom. The molecule has 1 aromatic rings. The van der Waals surface area contributed by atoms with Crippen molar-refractivity contribution >= 4 is 5.78 Å². The predicted molar refractivity (Wildman–Crippen MR) is 73.9 cm³/mol. The average molecular weight is 232 g/mol. The van der Waals surface area contributed by atoms with E-state index < -0.39 is 0 Å². The maximum Gasteiger partial charge on any atom is 0.160 e. The van der Waals surface area contributed by atoms with Gasteiger partial charge in [0, 0.05) is 5.56 Å². The lowest BCUT2D eigenvalue weighted by Gasteiger charge is -2.25. The highest BCUT2D eigenvalue weighted by Crippen LogP contribution is 2.34. The molecule has 0 bridgehead atoms. The van der Waals surface area contributed by atoms with Crippen LogP contribution in [-0.4, -0.2) is 5.78 Å². The van der Waals surface area contributed by atoms with Gasteiger partial charge in [-0.15, -0.1) is 0 Å². The minimum Gasteiger partial charge on any atom is -0.295 e. The number of ketones is 1. The Balaban J connectivity index is 0.000000686. The molecule has 0 radical (unpaired) electrons. The van der Waals surface area contributed by atoms with E-state index in [9.17, 15) is 4.79 Å². The van der Waals surface area contributed by atoms with Crippen molar-refractivity contribution in [2.45, 2.75) is 59.8 Å². The van der Waals surface area contributed by atoms with Gasteiger partial charge in [0.1, 0.15) is 0 Å². The predicted octanol–water partition coefficient (Wildman–Crippen LogP) is 4.66. The monoisotopic (exact) mass is 232 g/mol. The second-order valence-corrected chi connectivity index (χ2v) is 4.66. The molecule has 1 unspecified atom stereocenters. The van der Waals surface area contributed by atoms with Crippen LogP contribution in [0.1, 0.15) is 73.5 Å². The van der Waals surface area contributed by atoms with Crippen molar-refractivity contribution in [1.82, 2.24) is 0 Å². The van der Waals surface area contributed by atoms with Gasteiger partial charge in [0.2, 0.25) is 0 Å². The molecule has 94 valence electrons. The van der Waals surface area contributed by atoms with Gasteiger partial charge in [-0.1, -0.05) is 32.9 Å². The Morgan fingerprint density at radius 3 is 2.53 bits per heavy atom. The van der Waals surface area contributed by atoms with Crippen molar-refractivity contribution in [3.8, 4) is 0 Å². The van der Waals surface area contributed by atoms with E-state index in [0.717, 1.165) is 5.56 Å². The van der Waals surface area contributed by atoms with E-state index in [1.54, 1.807) is 6.92 Å². The molecule has 0 spiro atoms. The molecule has 17 heavy (non-hydrogen) atoms. The van der Waals surface area contributed by atoms with Crippen molar-refractivity contribution in [1.29, 1.82) is 0 Å². The van der Waals surface area contributed by atoms with E-state index in [-0.39, 0.29) is 5.78 Å². The Morgan fingerprint density at radius 1 is 1.29 bits per heavy atom. The third-order valence-electron chi connectivity index (χ3n) is 3.56. The molecule has 1 aliphatic rings. The molecule has 0 heterocycles. The first-order valence-electron chi connectivity index (χ1n) is 6.74. The lowest BCUT2D eigenvalue weighted by molar-refractivity contribution is 0.101. The summed E-state index contributed by atoms with van der Waals surface area (Å²) in [4.78, 5) is 11.5. The normalized spacial score (nSPS) is 17.8. The summed E-state index contributed by atoms with van der Waals surface area (Å²) < 4.78 is 0. The Labute approximate surface area is 105 Å². The van der Waals surface area contributed by atoms with Crippen LogP contribution in [0.2, 0.25) is 0 Å². The van der Waals surface area contributed by atoms with Gasteiger partial charge in [-0.05, 0) is 55.7 Å². The van der Waals surface area contributed by atoms with Crippen molar-refractivity contribution < 1.29 is 4.79 Å². The lowest BCUT2D eigenvalue weighted by Crippen LogP contribution is -2.11. The van der Waals surface area contributed by atoms with Crippen LogP contribution >= 0.6 is 0 Å². The van der Waals surface area contributed by atoms with Crippen LogP contribution in [-0.2, 0) is 6.42 Å². The Bertz CT molecular complexity index is 404. The molecule has 0 aromatic heterocycles. The zero-order chi connectivity index (χ0) is 13.0. The number of hydrogen-bond acceptors (Lipinski definition) is 1. The smallest absolute Gasteiger partial charge is 0.160 e. The quantitative estimate of drug-likeness (QED) is 0.643. The highest BCUT2D eigenvalue weighted by molar-refractivity contribution is 5.96. The number of carbonyl (C=O) groups excluding carboxylic acids is 1. The van der Waals surface area contributed by atoms with Gasteiger partial charge in [0.05, 0.1) is 0 Å². The lowest BCUT2D eigenvalue weighted by atomic mass is 9.79. The molecule has 0 saturated carbocycles. The fraction of sp³-hybridized carbons (Fsp3) is 0.562. The summed E-state index contributed by atoms with van der Waals surface area (Å²) in [5.74, 6) is 0.807. The highest BCUT2D eigenvalue weighted by Gasteiger charge is 2.20. The first-order valence-corrected chi connectivity index (χ1v) is 6.74. The average Bonchev–Trinajstić information content (AvgIpc) is 2.31. The van der Waals surface area contributed by atoms with Crippen LogP contribution in [0.25, 0.3) is 0 Å². The van der Waals surface area contributed by atoms with E-state index in [2.05, 4.69) is 19.9 Å². The molecule has 0 saturated heterocycles. The Hall–Kier alpha value is -1.11. The highest BCUT2D eigenvalue weighted by atomic mass is 16.1. The van der Waals surface area contributed by atoms with Gasteiger partial charge in [0.25, 0.3) is 0 Å². The third kappa shape index (κ3) is 2.77. The van der Waals surface area contributed by atoms with E-state index in [1.165, 1.54) is 36.0 Å². The first-order chi connectivity index (χ1) is 8.11. The van der Waals surface area contributed by atoms with Crippen molar-refractivity contribution in [3.63, 3.8) is 0 Å². The van der Waals surface area contributed by atoms with E-state index in [0.29, 0.717) is 5.92 Å². The first kappa shape index (κ1) is 14.0. The maximum atomic E-state index is 11.5. The largest absolute Gasteiger partial charge is 0.295 e. The molecular weight excluding hydrogens is 208 g/mol. The van der Waals surface area contributed by atoms with Crippen LogP contribution in [0.15, 0.2) is 12.1 Å². The topological polar surface area (TPSA) is 17.1 Å². The summed E-state index contributed by atoms with van der Waals surface area (Å²) in [5.41, 5.74) is 5.01. The van der Waals surface area contributed by atoms with Gasteiger partial charge in [-0.25, -0.2) is 0 Å². The number of Topliss-reactive ketones (excluding diaryl/α,β-unsaturated/α-hetero) is 1. The molecule has 1 heteroatoms. The zero-order valence-electron chi connectivity index (χ0n) is 11.8. The van der Waals surface area contributed by atoms with Gasteiger partial charge >= 0.3 is 0 Å². The summed E-state index contributed by atoms with van der Waals surface area (Å²) in [6, 6.07) is 4.14. The summed E-state index contributed by atoms with van der Waals surface area (Å²) in [7, 11) is 0. The van der Waals surface area contributed by atoms with Crippen LogP contribution in [0.3, 0.4) is 0 Å².